The molecule has 4 atom stereocenters. The highest BCUT2D eigenvalue weighted by Gasteiger charge is 2.59. The Kier molecular flexibility index (Phi) is 2.60. The van der Waals surface area contributed by atoms with Gasteiger partial charge in [-0.2, -0.15) is 5.10 Å². The molecule has 3 heteroatoms. The van der Waals surface area contributed by atoms with E-state index in [2.05, 4.69) is 43.2 Å². The molecular weight excluding hydrogens is 222 g/mol. The van der Waals surface area contributed by atoms with Crippen LogP contribution >= 0.6 is 0 Å². The second-order valence-corrected chi connectivity index (χ2v) is 7.27. The fraction of sp³-hybridized carbons (Fsp3) is 0.800. The Labute approximate surface area is 110 Å². The number of fused-ring (bicyclic) bond motifs is 2. The van der Waals surface area contributed by atoms with Crippen LogP contribution in [0.15, 0.2) is 12.4 Å². The van der Waals surface area contributed by atoms with E-state index in [0.29, 0.717) is 22.9 Å². The predicted octanol–water partition coefficient (Wildman–Crippen LogP) is 3.28. The normalized spacial score (nSPS) is 39.1. The van der Waals surface area contributed by atoms with Crippen molar-refractivity contribution in [3.8, 4) is 0 Å². The average Bonchev–Trinajstić information content (AvgIpc) is 2.96. The number of aromatic nitrogens is 2. The van der Waals surface area contributed by atoms with Crippen LogP contribution in [0.25, 0.3) is 0 Å². The zero-order valence-electron chi connectivity index (χ0n) is 12.0. The third-order valence-electron chi connectivity index (χ3n) is 5.71. The van der Waals surface area contributed by atoms with Crippen LogP contribution < -0.4 is 5.32 Å². The first-order valence-corrected chi connectivity index (χ1v) is 7.18. The van der Waals surface area contributed by atoms with Gasteiger partial charge >= 0.3 is 0 Å². The van der Waals surface area contributed by atoms with Gasteiger partial charge in [0.15, 0.2) is 0 Å². The summed E-state index contributed by atoms with van der Waals surface area (Å²) < 4.78 is 0. The van der Waals surface area contributed by atoms with Gasteiger partial charge < -0.3 is 5.32 Å². The van der Waals surface area contributed by atoms with Crippen LogP contribution in [0.2, 0.25) is 0 Å². The van der Waals surface area contributed by atoms with E-state index >= 15 is 0 Å². The SMILES string of the molecule is CC(NC1C2(C)CCC(C2)C1(C)C)c1cn[nH]c1. The van der Waals surface area contributed by atoms with Crippen LogP contribution in [-0.4, -0.2) is 16.2 Å². The molecule has 2 aliphatic carbocycles. The van der Waals surface area contributed by atoms with Gasteiger partial charge in [-0.15, -0.1) is 0 Å². The maximum Gasteiger partial charge on any atom is 0.0534 e. The number of hydrogen-bond donors (Lipinski definition) is 2. The molecule has 0 radical (unpaired) electrons. The average molecular weight is 247 g/mol. The van der Waals surface area contributed by atoms with Crippen LogP contribution in [0.1, 0.15) is 58.6 Å². The number of hydrogen-bond acceptors (Lipinski definition) is 2. The van der Waals surface area contributed by atoms with Crippen molar-refractivity contribution in [1.82, 2.24) is 15.5 Å². The van der Waals surface area contributed by atoms with E-state index in [1.54, 1.807) is 0 Å². The Hall–Kier alpha value is -0.830. The summed E-state index contributed by atoms with van der Waals surface area (Å²) in [6.07, 6.45) is 8.13. The van der Waals surface area contributed by atoms with E-state index in [0.717, 1.165) is 5.92 Å². The van der Waals surface area contributed by atoms with Crippen LogP contribution in [-0.2, 0) is 0 Å². The van der Waals surface area contributed by atoms with Crippen molar-refractivity contribution in [2.45, 2.75) is 59.0 Å². The minimum atomic E-state index is 0.379. The molecule has 3 rings (SSSR count). The molecule has 2 bridgehead atoms. The summed E-state index contributed by atoms with van der Waals surface area (Å²) in [5, 5.41) is 10.8. The van der Waals surface area contributed by atoms with Gasteiger partial charge in [0.1, 0.15) is 0 Å². The van der Waals surface area contributed by atoms with Crippen molar-refractivity contribution in [3.63, 3.8) is 0 Å². The molecule has 3 nitrogen and oxygen atoms in total. The van der Waals surface area contributed by atoms with Crippen LogP contribution in [0.4, 0.5) is 0 Å². The fourth-order valence-electron chi connectivity index (χ4n) is 4.56. The Balaban J connectivity index is 1.80. The monoisotopic (exact) mass is 247 g/mol. The first-order valence-electron chi connectivity index (χ1n) is 7.18. The third-order valence-corrected chi connectivity index (χ3v) is 5.71. The molecular formula is C15H25N3. The minimum absolute atomic E-state index is 0.379. The Morgan fingerprint density at radius 2 is 2.22 bits per heavy atom. The zero-order valence-corrected chi connectivity index (χ0v) is 12.0. The maximum absolute atomic E-state index is 4.05. The van der Waals surface area contributed by atoms with Gasteiger partial charge in [0.2, 0.25) is 0 Å². The van der Waals surface area contributed by atoms with Gasteiger partial charge in [-0.25, -0.2) is 0 Å². The summed E-state index contributed by atoms with van der Waals surface area (Å²) in [5.74, 6) is 0.900. The highest BCUT2D eigenvalue weighted by Crippen LogP contribution is 2.62. The van der Waals surface area contributed by atoms with Crippen molar-refractivity contribution in [3.05, 3.63) is 18.0 Å². The van der Waals surface area contributed by atoms with Gasteiger partial charge in [-0.05, 0) is 42.9 Å². The van der Waals surface area contributed by atoms with Crippen molar-refractivity contribution < 1.29 is 0 Å². The largest absolute Gasteiger partial charge is 0.306 e. The maximum atomic E-state index is 4.05. The van der Waals surface area contributed by atoms with Crippen molar-refractivity contribution in [1.29, 1.82) is 0 Å². The van der Waals surface area contributed by atoms with E-state index < -0.39 is 0 Å². The Bertz CT molecular complexity index is 418. The van der Waals surface area contributed by atoms with Crippen molar-refractivity contribution >= 4 is 0 Å². The Morgan fingerprint density at radius 3 is 2.78 bits per heavy atom. The third kappa shape index (κ3) is 1.63. The molecule has 2 fully saturated rings. The van der Waals surface area contributed by atoms with Crippen molar-refractivity contribution in [2.24, 2.45) is 16.7 Å². The van der Waals surface area contributed by atoms with Crippen LogP contribution in [0, 0.1) is 16.7 Å². The van der Waals surface area contributed by atoms with E-state index in [9.17, 15) is 0 Å². The molecule has 1 aromatic rings. The summed E-state index contributed by atoms with van der Waals surface area (Å²) in [7, 11) is 0. The fourth-order valence-corrected chi connectivity index (χ4v) is 4.56. The topological polar surface area (TPSA) is 40.7 Å². The molecule has 0 amide bonds. The summed E-state index contributed by atoms with van der Waals surface area (Å²) in [6.45, 7) is 9.61. The van der Waals surface area contributed by atoms with Gasteiger partial charge in [0.25, 0.3) is 0 Å². The molecule has 0 aliphatic heterocycles. The summed E-state index contributed by atoms with van der Waals surface area (Å²) in [6, 6.07) is 0.998. The van der Waals surface area contributed by atoms with Crippen molar-refractivity contribution in [2.75, 3.05) is 0 Å². The molecule has 100 valence electrons. The second kappa shape index (κ2) is 3.83. The molecule has 2 aliphatic rings. The number of nitrogens with zero attached hydrogens (tertiary/aromatic N) is 1. The van der Waals surface area contributed by atoms with Gasteiger partial charge in [0.05, 0.1) is 6.20 Å². The molecule has 1 aromatic heterocycles. The number of nitrogens with one attached hydrogen (secondary N) is 2. The van der Waals surface area contributed by atoms with E-state index in [1.165, 1.54) is 24.8 Å². The minimum Gasteiger partial charge on any atom is -0.306 e. The summed E-state index contributed by atoms with van der Waals surface area (Å²) >= 11 is 0. The lowest BCUT2D eigenvalue weighted by Gasteiger charge is -2.44. The standard InChI is InChI=1S/C15H25N3/c1-10(11-8-16-17-9-11)18-13-14(2,3)12-5-6-15(13,4)7-12/h8-10,12-13,18H,5-7H2,1-4H3,(H,16,17). The molecule has 0 saturated heterocycles. The number of rotatable bonds is 3. The quantitative estimate of drug-likeness (QED) is 0.860. The molecule has 0 aromatic carbocycles. The van der Waals surface area contributed by atoms with Crippen LogP contribution in [0.3, 0.4) is 0 Å². The van der Waals surface area contributed by atoms with Gasteiger partial charge in [0, 0.05) is 23.8 Å². The summed E-state index contributed by atoms with van der Waals surface area (Å²) in [5.41, 5.74) is 2.18. The molecule has 18 heavy (non-hydrogen) atoms. The lowest BCUT2D eigenvalue weighted by molar-refractivity contribution is 0.100. The molecule has 2 N–H and O–H groups in total. The first kappa shape index (κ1) is 12.2. The molecule has 2 saturated carbocycles. The zero-order chi connectivity index (χ0) is 13.0. The Morgan fingerprint density at radius 1 is 1.44 bits per heavy atom. The van der Waals surface area contributed by atoms with Crippen LogP contribution in [0.5, 0.6) is 0 Å². The second-order valence-electron chi connectivity index (χ2n) is 7.27. The first-order chi connectivity index (χ1) is 8.43. The van der Waals surface area contributed by atoms with Gasteiger partial charge in [-0.1, -0.05) is 20.8 Å². The lowest BCUT2D eigenvalue weighted by Crippen LogP contribution is -2.50. The molecule has 1 heterocycles. The summed E-state index contributed by atoms with van der Waals surface area (Å²) in [4.78, 5) is 0. The van der Waals surface area contributed by atoms with E-state index in [4.69, 9.17) is 0 Å². The molecule has 4 unspecified atom stereocenters. The molecule has 0 spiro atoms. The van der Waals surface area contributed by atoms with E-state index in [-0.39, 0.29) is 0 Å². The van der Waals surface area contributed by atoms with E-state index in [1.807, 2.05) is 12.4 Å². The number of aromatic amines is 1. The highest BCUT2D eigenvalue weighted by atomic mass is 15.1. The number of H-pyrrole nitrogens is 1. The van der Waals surface area contributed by atoms with Gasteiger partial charge in [-0.3, -0.25) is 5.10 Å². The highest BCUT2D eigenvalue weighted by molar-refractivity contribution is 5.15. The smallest absolute Gasteiger partial charge is 0.0534 e. The predicted molar refractivity (Wildman–Crippen MR) is 73.2 cm³/mol. The lowest BCUT2D eigenvalue weighted by atomic mass is 9.68.